The second-order valence-electron chi connectivity index (χ2n) is 8.29. The standard InChI is InChI=1S/C24H39NO9/c1-6-7-8-9-10-11-12-13-14-30-24-21(25-16(2)26)23(33-19(5)29)22(32-18(4)28)20(34-24)15-31-17(3)27/h6,20-24H,1,7-15H2,2-5H3,(H,25,26)/t20-,21-,22+,23-,24+/m1/s1. The molecular formula is C24H39NO9. The predicted octanol–water partition coefficient (Wildman–Crippen LogP) is 2.58. The Balaban J connectivity index is 2.90. The topological polar surface area (TPSA) is 126 Å². The maximum atomic E-state index is 11.9. The number of nitrogens with one attached hydrogen (secondary N) is 1. The van der Waals surface area contributed by atoms with Gasteiger partial charge in [-0.25, -0.2) is 0 Å². The molecule has 10 nitrogen and oxygen atoms in total. The summed E-state index contributed by atoms with van der Waals surface area (Å²) in [6.45, 7) is 8.76. The average Bonchev–Trinajstić information content (AvgIpc) is 2.74. The van der Waals surface area contributed by atoms with E-state index in [2.05, 4.69) is 11.9 Å². The van der Waals surface area contributed by atoms with Crippen molar-refractivity contribution in [2.75, 3.05) is 13.2 Å². The molecule has 0 spiro atoms. The van der Waals surface area contributed by atoms with Crippen LogP contribution in [0.5, 0.6) is 0 Å². The van der Waals surface area contributed by atoms with E-state index in [1.807, 2.05) is 6.08 Å². The van der Waals surface area contributed by atoms with Gasteiger partial charge in [0.25, 0.3) is 0 Å². The highest BCUT2D eigenvalue weighted by Gasteiger charge is 2.51. The number of carbonyl (C=O) groups excluding carboxylic acids is 4. The summed E-state index contributed by atoms with van der Waals surface area (Å²) >= 11 is 0. The van der Waals surface area contributed by atoms with Gasteiger partial charge in [-0.3, -0.25) is 19.2 Å². The molecule has 0 aliphatic carbocycles. The lowest BCUT2D eigenvalue weighted by Gasteiger charge is -2.44. The van der Waals surface area contributed by atoms with Crippen LogP contribution in [0.4, 0.5) is 0 Å². The molecule has 1 aliphatic rings. The highest BCUT2D eigenvalue weighted by Crippen LogP contribution is 2.28. The van der Waals surface area contributed by atoms with Gasteiger partial charge in [-0.15, -0.1) is 6.58 Å². The molecule has 0 saturated carbocycles. The largest absolute Gasteiger partial charge is 0.463 e. The molecule has 1 N–H and O–H groups in total. The number of allylic oxidation sites excluding steroid dienone is 1. The molecule has 0 aromatic carbocycles. The van der Waals surface area contributed by atoms with Crippen LogP contribution in [0, 0.1) is 0 Å². The molecule has 1 aliphatic heterocycles. The first-order valence-electron chi connectivity index (χ1n) is 11.8. The molecule has 0 unspecified atom stereocenters. The van der Waals surface area contributed by atoms with Crippen molar-refractivity contribution in [3.05, 3.63) is 12.7 Å². The summed E-state index contributed by atoms with van der Waals surface area (Å²) in [6.07, 6.45) is 4.99. The van der Waals surface area contributed by atoms with Crippen molar-refractivity contribution in [3.8, 4) is 0 Å². The molecule has 1 amide bonds. The Bertz CT molecular complexity index is 681. The minimum absolute atomic E-state index is 0.248. The van der Waals surface area contributed by atoms with E-state index in [0.29, 0.717) is 6.61 Å². The number of amides is 1. The molecular weight excluding hydrogens is 446 g/mol. The van der Waals surface area contributed by atoms with Crippen molar-refractivity contribution < 1.29 is 42.9 Å². The molecule has 5 atom stereocenters. The number of unbranched alkanes of at least 4 members (excludes halogenated alkanes) is 6. The van der Waals surface area contributed by atoms with Crippen LogP contribution in [0.15, 0.2) is 12.7 Å². The fraction of sp³-hybridized carbons (Fsp3) is 0.750. The third-order valence-corrected chi connectivity index (χ3v) is 5.16. The Hall–Kier alpha value is -2.46. The molecule has 1 saturated heterocycles. The van der Waals surface area contributed by atoms with Crippen LogP contribution >= 0.6 is 0 Å². The van der Waals surface area contributed by atoms with Crippen molar-refractivity contribution in [1.29, 1.82) is 0 Å². The van der Waals surface area contributed by atoms with Crippen LogP contribution in [-0.4, -0.2) is 67.7 Å². The van der Waals surface area contributed by atoms with Crippen LogP contribution in [-0.2, 0) is 42.9 Å². The average molecular weight is 486 g/mol. The number of rotatable bonds is 15. The Kier molecular flexibility index (Phi) is 14.1. The maximum Gasteiger partial charge on any atom is 0.303 e. The van der Waals surface area contributed by atoms with Gasteiger partial charge >= 0.3 is 17.9 Å². The molecule has 1 rings (SSSR count). The zero-order valence-corrected chi connectivity index (χ0v) is 20.7. The van der Waals surface area contributed by atoms with Crippen molar-refractivity contribution >= 4 is 23.8 Å². The molecule has 1 fully saturated rings. The van der Waals surface area contributed by atoms with Crippen LogP contribution < -0.4 is 5.32 Å². The van der Waals surface area contributed by atoms with Crippen LogP contribution in [0.2, 0.25) is 0 Å². The van der Waals surface area contributed by atoms with Crippen LogP contribution in [0.25, 0.3) is 0 Å². The number of esters is 3. The summed E-state index contributed by atoms with van der Waals surface area (Å²) in [4.78, 5) is 46.8. The summed E-state index contributed by atoms with van der Waals surface area (Å²) in [5.74, 6) is -2.24. The Labute approximate surface area is 201 Å². The van der Waals surface area contributed by atoms with Gasteiger partial charge < -0.3 is 29.0 Å². The van der Waals surface area contributed by atoms with Gasteiger partial charge in [0.15, 0.2) is 18.5 Å². The first-order chi connectivity index (χ1) is 16.1. The van der Waals surface area contributed by atoms with Crippen molar-refractivity contribution in [2.24, 2.45) is 0 Å². The lowest BCUT2D eigenvalue weighted by atomic mass is 9.96. The maximum absolute atomic E-state index is 11.9. The smallest absolute Gasteiger partial charge is 0.303 e. The van der Waals surface area contributed by atoms with Crippen molar-refractivity contribution in [3.63, 3.8) is 0 Å². The molecule has 0 aromatic rings. The van der Waals surface area contributed by atoms with Crippen molar-refractivity contribution in [1.82, 2.24) is 5.32 Å². The molecule has 34 heavy (non-hydrogen) atoms. The molecule has 0 bridgehead atoms. The molecule has 10 heteroatoms. The summed E-state index contributed by atoms with van der Waals surface area (Å²) in [6, 6.07) is -0.932. The third kappa shape index (κ3) is 11.6. The van der Waals surface area contributed by atoms with E-state index >= 15 is 0 Å². The monoisotopic (exact) mass is 485 g/mol. The van der Waals surface area contributed by atoms with Gasteiger partial charge in [-0.1, -0.05) is 31.8 Å². The van der Waals surface area contributed by atoms with Gasteiger partial charge in [0.05, 0.1) is 0 Å². The second kappa shape index (κ2) is 16.2. The summed E-state index contributed by atoms with van der Waals surface area (Å²) in [5.41, 5.74) is 0. The van der Waals surface area contributed by atoms with E-state index in [-0.39, 0.29) is 6.61 Å². The Morgan fingerprint density at radius 2 is 1.44 bits per heavy atom. The highest BCUT2D eigenvalue weighted by atomic mass is 16.7. The number of ether oxygens (including phenoxy) is 5. The fourth-order valence-electron chi connectivity index (χ4n) is 3.73. The minimum atomic E-state index is -1.12. The Morgan fingerprint density at radius 1 is 0.853 bits per heavy atom. The minimum Gasteiger partial charge on any atom is -0.463 e. The molecule has 0 radical (unpaired) electrons. The quantitative estimate of drug-likeness (QED) is 0.161. The van der Waals surface area contributed by atoms with E-state index in [0.717, 1.165) is 44.9 Å². The number of hydrogen-bond acceptors (Lipinski definition) is 9. The van der Waals surface area contributed by atoms with E-state index in [4.69, 9.17) is 23.7 Å². The number of carbonyl (C=O) groups is 4. The van der Waals surface area contributed by atoms with Crippen molar-refractivity contribution in [2.45, 2.75) is 103 Å². The SMILES string of the molecule is C=CCCCCCCCCO[C@H]1O[C@H](COC(C)=O)[C@H](OC(C)=O)[C@H](OC(C)=O)[C@H]1NC(C)=O. The number of hydrogen-bond donors (Lipinski definition) is 1. The van der Waals surface area contributed by atoms with E-state index in [9.17, 15) is 19.2 Å². The fourth-order valence-corrected chi connectivity index (χ4v) is 3.73. The summed E-state index contributed by atoms with van der Waals surface area (Å²) < 4.78 is 27.7. The highest BCUT2D eigenvalue weighted by molar-refractivity contribution is 5.73. The predicted molar refractivity (Wildman–Crippen MR) is 122 cm³/mol. The van der Waals surface area contributed by atoms with E-state index in [1.54, 1.807) is 0 Å². The summed E-state index contributed by atoms with van der Waals surface area (Å²) in [5, 5.41) is 2.68. The van der Waals surface area contributed by atoms with Crippen LogP contribution in [0.1, 0.15) is 72.6 Å². The first-order valence-corrected chi connectivity index (χ1v) is 11.8. The zero-order chi connectivity index (χ0) is 25.5. The van der Waals surface area contributed by atoms with Gasteiger partial charge in [0.1, 0.15) is 18.8 Å². The van der Waals surface area contributed by atoms with Gasteiger partial charge in [-0.2, -0.15) is 0 Å². The van der Waals surface area contributed by atoms with Crippen LogP contribution in [0.3, 0.4) is 0 Å². The Morgan fingerprint density at radius 3 is 2.00 bits per heavy atom. The van der Waals surface area contributed by atoms with Gasteiger partial charge in [0.2, 0.25) is 5.91 Å². The van der Waals surface area contributed by atoms with E-state index < -0.39 is 54.5 Å². The summed E-state index contributed by atoms with van der Waals surface area (Å²) in [7, 11) is 0. The molecule has 0 aromatic heterocycles. The van der Waals surface area contributed by atoms with Gasteiger partial charge in [0, 0.05) is 34.3 Å². The first kappa shape index (κ1) is 29.6. The lowest BCUT2D eigenvalue weighted by molar-refractivity contribution is -0.277. The third-order valence-electron chi connectivity index (χ3n) is 5.16. The normalized spacial score (nSPS) is 24.1. The van der Waals surface area contributed by atoms with E-state index in [1.165, 1.54) is 27.7 Å². The molecule has 194 valence electrons. The second-order valence-corrected chi connectivity index (χ2v) is 8.29. The van der Waals surface area contributed by atoms with Gasteiger partial charge in [-0.05, 0) is 19.3 Å². The zero-order valence-electron chi connectivity index (χ0n) is 20.7. The lowest BCUT2D eigenvalue weighted by Crippen LogP contribution is -2.66. The molecule has 1 heterocycles.